The van der Waals surface area contributed by atoms with Crippen LogP contribution in [0.3, 0.4) is 0 Å². The van der Waals surface area contributed by atoms with E-state index in [-0.39, 0.29) is 11.3 Å². The average molecular weight is 387 g/mol. The van der Waals surface area contributed by atoms with Gasteiger partial charge in [0.25, 0.3) is 0 Å². The van der Waals surface area contributed by atoms with Crippen LogP contribution in [0.15, 0.2) is 18.2 Å². The zero-order valence-electron chi connectivity index (χ0n) is 16.2. The first-order valence-corrected chi connectivity index (χ1v) is 11.3. The first-order chi connectivity index (χ1) is 13.1. The minimum Gasteiger partial charge on any atom is -0.370 e. The molecule has 1 aromatic rings. The van der Waals surface area contributed by atoms with Gasteiger partial charge < -0.3 is 10.2 Å². The van der Waals surface area contributed by atoms with E-state index in [1.807, 2.05) is 12.1 Å². The number of nitrogens with zero attached hydrogens (tertiary/aromatic N) is 1. The van der Waals surface area contributed by atoms with Crippen LogP contribution in [0.2, 0.25) is 5.02 Å². The van der Waals surface area contributed by atoms with Crippen molar-refractivity contribution in [1.29, 1.82) is 0 Å². The lowest BCUT2D eigenvalue weighted by Crippen LogP contribution is -2.47. The summed E-state index contributed by atoms with van der Waals surface area (Å²) in [5, 5.41) is 3.90. The Hall–Kier alpha value is -1.22. The van der Waals surface area contributed by atoms with Crippen molar-refractivity contribution >= 4 is 28.9 Å². The van der Waals surface area contributed by atoms with Crippen LogP contribution >= 0.6 is 11.6 Å². The molecule has 0 unspecified atom stereocenters. The van der Waals surface area contributed by atoms with Gasteiger partial charge in [-0.25, -0.2) is 0 Å². The fourth-order valence-corrected chi connectivity index (χ4v) is 7.33. The van der Waals surface area contributed by atoms with Gasteiger partial charge >= 0.3 is 0 Å². The SMILES string of the molecule is O=C(CC12CC3CC(CC(C3)C1)C2)Nc1ccc(N2CCCCC2)c(Cl)c1. The molecular formula is C23H31ClN2O. The Labute approximate surface area is 167 Å². The van der Waals surface area contributed by atoms with E-state index < -0.39 is 0 Å². The summed E-state index contributed by atoms with van der Waals surface area (Å²) in [4.78, 5) is 15.2. The smallest absolute Gasteiger partial charge is 0.224 e. The van der Waals surface area contributed by atoms with E-state index in [0.717, 1.165) is 47.2 Å². The molecule has 4 saturated carbocycles. The van der Waals surface area contributed by atoms with Crippen molar-refractivity contribution in [3.63, 3.8) is 0 Å². The number of nitrogens with one attached hydrogen (secondary N) is 1. The van der Waals surface area contributed by atoms with Crippen molar-refractivity contribution in [1.82, 2.24) is 0 Å². The summed E-state index contributed by atoms with van der Waals surface area (Å²) in [6.45, 7) is 2.16. The molecule has 146 valence electrons. The lowest BCUT2D eigenvalue weighted by atomic mass is 9.49. The number of anilines is 2. The lowest BCUT2D eigenvalue weighted by molar-refractivity contribution is -0.124. The molecule has 5 aliphatic rings. The second kappa shape index (κ2) is 6.99. The standard InChI is InChI=1S/C23H31ClN2O/c24-20-11-19(4-5-21(20)26-6-2-1-3-7-26)25-22(27)15-23-12-16-8-17(13-23)10-18(9-16)14-23/h4-5,11,16-18H,1-3,6-10,12-15H2,(H,25,27). The highest BCUT2D eigenvalue weighted by molar-refractivity contribution is 6.33. The van der Waals surface area contributed by atoms with E-state index in [2.05, 4.69) is 16.3 Å². The molecular weight excluding hydrogens is 356 g/mol. The quantitative estimate of drug-likeness (QED) is 0.701. The first kappa shape index (κ1) is 17.8. The summed E-state index contributed by atoms with van der Waals surface area (Å²) in [6, 6.07) is 6.03. The van der Waals surface area contributed by atoms with Crippen LogP contribution in [0.4, 0.5) is 11.4 Å². The van der Waals surface area contributed by atoms with Gasteiger partial charge in [0.15, 0.2) is 0 Å². The van der Waals surface area contributed by atoms with Crippen LogP contribution in [0.25, 0.3) is 0 Å². The van der Waals surface area contributed by atoms with Crippen molar-refractivity contribution in [2.24, 2.45) is 23.2 Å². The molecule has 1 heterocycles. The number of rotatable bonds is 4. The summed E-state index contributed by atoms with van der Waals surface area (Å²) in [5.41, 5.74) is 2.24. The van der Waals surface area contributed by atoms with Crippen LogP contribution in [-0.4, -0.2) is 19.0 Å². The van der Waals surface area contributed by atoms with Crippen LogP contribution < -0.4 is 10.2 Å². The van der Waals surface area contributed by atoms with Crippen molar-refractivity contribution in [2.75, 3.05) is 23.3 Å². The number of carbonyl (C=O) groups excluding carboxylic acids is 1. The Bertz CT molecular complexity index is 690. The van der Waals surface area contributed by atoms with Gasteiger partial charge in [-0.3, -0.25) is 4.79 Å². The summed E-state index contributed by atoms with van der Waals surface area (Å²) in [6.07, 6.45) is 12.6. The molecule has 0 spiro atoms. The Kier molecular flexibility index (Phi) is 4.62. The van der Waals surface area contributed by atoms with Crippen LogP contribution in [0.5, 0.6) is 0 Å². The third-order valence-electron chi connectivity index (χ3n) is 7.63. The Morgan fingerprint density at radius 2 is 1.67 bits per heavy atom. The topological polar surface area (TPSA) is 32.3 Å². The molecule has 1 amide bonds. The van der Waals surface area contributed by atoms with Gasteiger partial charge in [0.2, 0.25) is 5.91 Å². The molecule has 4 heteroatoms. The van der Waals surface area contributed by atoms with Crippen LogP contribution in [0, 0.1) is 23.2 Å². The van der Waals surface area contributed by atoms with Crippen molar-refractivity contribution in [3.8, 4) is 0 Å². The molecule has 6 rings (SSSR count). The fraction of sp³-hybridized carbons (Fsp3) is 0.696. The summed E-state index contributed by atoms with van der Waals surface area (Å²) >= 11 is 6.55. The molecule has 0 atom stereocenters. The molecule has 4 aliphatic carbocycles. The maximum atomic E-state index is 12.8. The van der Waals surface area contributed by atoms with Gasteiger partial charge in [0.1, 0.15) is 0 Å². The molecule has 0 radical (unpaired) electrons. The van der Waals surface area contributed by atoms with Gasteiger partial charge in [-0.15, -0.1) is 0 Å². The van der Waals surface area contributed by atoms with E-state index >= 15 is 0 Å². The maximum absolute atomic E-state index is 12.8. The van der Waals surface area contributed by atoms with E-state index in [1.165, 1.54) is 57.8 Å². The number of carbonyl (C=O) groups is 1. The molecule has 1 aromatic carbocycles. The summed E-state index contributed by atoms with van der Waals surface area (Å²) in [5.74, 6) is 2.85. The number of piperidine rings is 1. The molecule has 27 heavy (non-hydrogen) atoms. The number of hydrogen-bond donors (Lipinski definition) is 1. The summed E-state index contributed by atoms with van der Waals surface area (Å²) in [7, 11) is 0. The molecule has 1 aliphatic heterocycles. The number of amides is 1. The minimum absolute atomic E-state index is 0.179. The van der Waals surface area contributed by atoms with Crippen molar-refractivity contribution < 1.29 is 4.79 Å². The predicted molar refractivity (Wildman–Crippen MR) is 111 cm³/mol. The van der Waals surface area contributed by atoms with Gasteiger partial charge in [-0.2, -0.15) is 0 Å². The highest BCUT2D eigenvalue weighted by Gasteiger charge is 2.51. The highest BCUT2D eigenvalue weighted by Crippen LogP contribution is 2.61. The number of hydrogen-bond acceptors (Lipinski definition) is 2. The van der Waals surface area contributed by atoms with E-state index in [0.29, 0.717) is 6.42 Å². The monoisotopic (exact) mass is 386 g/mol. The third-order valence-corrected chi connectivity index (χ3v) is 7.93. The van der Waals surface area contributed by atoms with Gasteiger partial charge in [-0.1, -0.05) is 11.6 Å². The van der Waals surface area contributed by atoms with Gasteiger partial charge in [-0.05, 0) is 99.2 Å². The van der Waals surface area contributed by atoms with E-state index in [1.54, 1.807) is 0 Å². The Balaban J connectivity index is 1.24. The second-order valence-corrected chi connectivity index (χ2v) is 10.3. The van der Waals surface area contributed by atoms with Crippen molar-refractivity contribution in [3.05, 3.63) is 23.2 Å². The zero-order chi connectivity index (χ0) is 18.4. The Morgan fingerprint density at radius 1 is 1.04 bits per heavy atom. The largest absolute Gasteiger partial charge is 0.370 e. The lowest BCUT2D eigenvalue weighted by Gasteiger charge is -2.56. The second-order valence-electron chi connectivity index (χ2n) is 9.86. The molecule has 4 bridgehead atoms. The van der Waals surface area contributed by atoms with Crippen molar-refractivity contribution in [2.45, 2.75) is 64.2 Å². The highest BCUT2D eigenvalue weighted by atomic mass is 35.5. The molecule has 1 N–H and O–H groups in total. The van der Waals surface area contributed by atoms with E-state index in [9.17, 15) is 4.79 Å². The Morgan fingerprint density at radius 3 is 2.26 bits per heavy atom. The minimum atomic E-state index is 0.179. The predicted octanol–water partition coefficient (Wildman–Crippen LogP) is 5.88. The van der Waals surface area contributed by atoms with E-state index in [4.69, 9.17) is 11.6 Å². The summed E-state index contributed by atoms with van der Waals surface area (Å²) < 4.78 is 0. The molecule has 0 aromatic heterocycles. The maximum Gasteiger partial charge on any atom is 0.224 e. The van der Waals surface area contributed by atoms with Gasteiger partial charge in [0.05, 0.1) is 10.7 Å². The van der Waals surface area contributed by atoms with Crippen LogP contribution in [0.1, 0.15) is 64.2 Å². The van der Waals surface area contributed by atoms with Gasteiger partial charge in [0, 0.05) is 25.2 Å². The number of benzene rings is 1. The molecule has 3 nitrogen and oxygen atoms in total. The molecule has 5 fully saturated rings. The molecule has 1 saturated heterocycles. The average Bonchev–Trinajstić information content (AvgIpc) is 2.61. The first-order valence-electron chi connectivity index (χ1n) is 10.9. The van der Waals surface area contributed by atoms with Crippen LogP contribution in [-0.2, 0) is 4.79 Å². The normalized spacial score (nSPS) is 34.7. The zero-order valence-corrected chi connectivity index (χ0v) is 16.9. The fourth-order valence-electron chi connectivity index (χ4n) is 7.03. The number of halogens is 1. The third kappa shape index (κ3) is 3.60.